The van der Waals surface area contributed by atoms with Gasteiger partial charge in [-0.15, -0.1) is 0 Å². The first-order valence-electron chi connectivity index (χ1n) is 6.63. The monoisotopic (exact) mass is 259 g/mol. The lowest BCUT2D eigenvalue weighted by Crippen LogP contribution is -2.16. The summed E-state index contributed by atoms with van der Waals surface area (Å²) < 4.78 is 10.9. The Morgan fingerprint density at radius 3 is 3.16 bits per heavy atom. The van der Waals surface area contributed by atoms with Crippen LogP contribution < -0.4 is 10.1 Å². The fourth-order valence-corrected chi connectivity index (χ4v) is 2.26. The predicted molar refractivity (Wildman–Crippen MR) is 70.3 cm³/mol. The number of nitrogens with one attached hydrogen (secondary N) is 1. The summed E-state index contributed by atoms with van der Waals surface area (Å²) in [6.45, 7) is 4.47. The summed E-state index contributed by atoms with van der Waals surface area (Å²) in [7, 11) is 0. The van der Waals surface area contributed by atoms with Crippen LogP contribution >= 0.6 is 0 Å². The van der Waals surface area contributed by atoms with E-state index in [1.54, 1.807) is 0 Å². The van der Waals surface area contributed by atoms with Gasteiger partial charge in [-0.3, -0.25) is 0 Å². The molecule has 5 heteroatoms. The Balaban J connectivity index is 1.74. The highest BCUT2D eigenvalue weighted by atomic mass is 16.5. The SMILES string of the molecule is CCNCCc1nc(C2COc3ccccc32)no1. The molecule has 0 fully saturated rings. The molecule has 0 saturated carbocycles. The molecule has 0 aliphatic carbocycles. The summed E-state index contributed by atoms with van der Waals surface area (Å²) in [5.41, 5.74) is 1.14. The van der Waals surface area contributed by atoms with Crippen LogP contribution in [0.25, 0.3) is 0 Å². The number of aromatic nitrogens is 2. The van der Waals surface area contributed by atoms with Gasteiger partial charge in [-0.2, -0.15) is 4.98 Å². The van der Waals surface area contributed by atoms with E-state index in [9.17, 15) is 0 Å². The summed E-state index contributed by atoms with van der Waals surface area (Å²) in [6, 6.07) is 8.01. The molecule has 0 bridgehead atoms. The fraction of sp³-hybridized carbons (Fsp3) is 0.429. The lowest BCUT2D eigenvalue weighted by atomic mass is 10.0. The zero-order valence-corrected chi connectivity index (χ0v) is 10.9. The van der Waals surface area contributed by atoms with Crippen molar-refractivity contribution in [3.05, 3.63) is 41.5 Å². The maximum Gasteiger partial charge on any atom is 0.227 e. The summed E-state index contributed by atoms with van der Waals surface area (Å²) in [5.74, 6) is 2.41. The molecule has 1 atom stereocenters. The first kappa shape index (κ1) is 12.2. The van der Waals surface area contributed by atoms with Gasteiger partial charge in [-0.05, 0) is 12.6 Å². The second kappa shape index (κ2) is 5.40. The van der Waals surface area contributed by atoms with Gasteiger partial charge in [-0.1, -0.05) is 30.3 Å². The van der Waals surface area contributed by atoms with Crippen molar-refractivity contribution in [2.45, 2.75) is 19.3 Å². The minimum absolute atomic E-state index is 0.0906. The van der Waals surface area contributed by atoms with Crippen molar-refractivity contribution in [1.82, 2.24) is 15.5 Å². The molecule has 0 radical (unpaired) electrons. The third-order valence-corrected chi connectivity index (χ3v) is 3.26. The van der Waals surface area contributed by atoms with Crippen LogP contribution in [0.3, 0.4) is 0 Å². The predicted octanol–water partition coefficient (Wildman–Crippen LogP) is 1.75. The minimum Gasteiger partial charge on any atom is -0.492 e. The van der Waals surface area contributed by atoms with Crippen LogP contribution in [0.5, 0.6) is 5.75 Å². The van der Waals surface area contributed by atoms with Crippen LogP contribution in [0, 0.1) is 0 Å². The number of para-hydroxylation sites is 1. The normalized spacial score (nSPS) is 17.2. The summed E-state index contributed by atoms with van der Waals surface area (Å²) >= 11 is 0. The Morgan fingerprint density at radius 1 is 1.37 bits per heavy atom. The number of rotatable bonds is 5. The fourth-order valence-electron chi connectivity index (χ4n) is 2.26. The van der Waals surface area contributed by atoms with Crippen molar-refractivity contribution >= 4 is 0 Å². The van der Waals surface area contributed by atoms with Crippen LogP contribution in [-0.4, -0.2) is 29.8 Å². The van der Waals surface area contributed by atoms with E-state index in [0.717, 1.165) is 36.6 Å². The maximum absolute atomic E-state index is 5.64. The Labute approximate surface area is 112 Å². The molecule has 100 valence electrons. The van der Waals surface area contributed by atoms with Gasteiger partial charge >= 0.3 is 0 Å². The van der Waals surface area contributed by atoms with Gasteiger partial charge in [0.15, 0.2) is 5.82 Å². The van der Waals surface area contributed by atoms with E-state index in [1.807, 2.05) is 18.2 Å². The Morgan fingerprint density at radius 2 is 2.26 bits per heavy atom. The Kier molecular flexibility index (Phi) is 3.46. The molecule has 5 nitrogen and oxygen atoms in total. The molecule has 1 aromatic heterocycles. The third kappa shape index (κ3) is 2.46. The largest absolute Gasteiger partial charge is 0.492 e. The Hall–Kier alpha value is -1.88. The van der Waals surface area contributed by atoms with Crippen molar-refractivity contribution in [3.63, 3.8) is 0 Å². The van der Waals surface area contributed by atoms with Gasteiger partial charge in [0.1, 0.15) is 12.4 Å². The highest BCUT2D eigenvalue weighted by Gasteiger charge is 2.29. The van der Waals surface area contributed by atoms with E-state index < -0.39 is 0 Å². The highest BCUT2D eigenvalue weighted by Crippen LogP contribution is 2.36. The van der Waals surface area contributed by atoms with Crippen molar-refractivity contribution in [2.75, 3.05) is 19.7 Å². The van der Waals surface area contributed by atoms with Crippen molar-refractivity contribution in [2.24, 2.45) is 0 Å². The van der Waals surface area contributed by atoms with Gasteiger partial charge in [0, 0.05) is 18.5 Å². The van der Waals surface area contributed by atoms with Crippen molar-refractivity contribution in [3.8, 4) is 5.75 Å². The number of benzene rings is 1. The average molecular weight is 259 g/mol. The quantitative estimate of drug-likeness (QED) is 0.829. The van der Waals surface area contributed by atoms with Crippen LogP contribution in [0.1, 0.15) is 30.1 Å². The van der Waals surface area contributed by atoms with Gasteiger partial charge in [0.05, 0.1) is 5.92 Å². The number of nitrogens with zero attached hydrogens (tertiary/aromatic N) is 2. The van der Waals surface area contributed by atoms with Gasteiger partial charge < -0.3 is 14.6 Å². The maximum atomic E-state index is 5.64. The number of ether oxygens (including phenoxy) is 1. The van der Waals surface area contributed by atoms with Gasteiger partial charge in [0.25, 0.3) is 0 Å². The van der Waals surface area contributed by atoms with Crippen LogP contribution in [0.2, 0.25) is 0 Å². The molecule has 1 aromatic carbocycles. The molecule has 1 N–H and O–H groups in total. The zero-order chi connectivity index (χ0) is 13.1. The Bertz CT molecular complexity index is 553. The first-order chi connectivity index (χ1) is 9.38. The van der Waals surface area contributed by atoms with E-state index in [4.69, 9.17) is 9.26 Å². The summed E-state index contributed by atoms with van der Waals surface area (Å²) in [5, 5.41) is 7.32. The van der Waals surface area contributed by atoms with Crippen molar-refractivity contribution in [1.29, 1.82) is 0 Å². The number of fused-ring (bicyclic) bond motifs is 1. The topological polar surface area (TPSA) is 60.2 Å². The molecule has 1 unspecified atom stereocenters. The van der Waals surface area contributed by atoms with E-state index in [2.05, 4.69) is 28.4 Å². The number of hydrogen-bond acceptors (Lipinski definition) is 5. The van der Waals surface area contributed by atoms with E-state index in [0.29, 0.717) is 12.5 Å². The molecule has 0 spiro atoms. The lowest BCUT2D eigenvalue weighted by molar-refractivity contribution is 0.331. The molecule has 2 aromatic rings. The van der Waals surface area contributed by atoms with Gasteiger partial charge in [-0.25, -0.2) is 0 Å². The minimum atomic E-state index is 0.0906. The standard InChI is InChI=1S/C14H17N3O2/c1-2-15-8-7-13-16-14(17-19-13)11-9-18-12-6-4-3-5-10(11)12/h3-6,11,15H,2,7-9H2,1H3. The van der Waals surface area contributed by atoms with Gasteiger partial charge in [0.2, 0.25) is 5.89 Å². The molecule has 3 rings (SSSR count). The molecular weight excluding hydrogens is 242 g/mol. The summed E-state index contributed by atoms with van der Waals surface area (Å²) in [4.78, 5) is 4.47. The third-order valence-electron chi connectivity index (χ3n) is 3.26. The molecule has 2 heterocycles. The number of likely N-dealkylation sites (N-methyl/N-ethyl adjacent to an activating group) is 1. The van der Waals surface area contributed by atoms with E-state index in [1.165, 1.54) is 0 Å². The summed E-state index contributed by atoms with van der Waals surface area (Å²) in [6.07, 6.45) is 0.760. The number of hydrogen-bond donors (Lipinski definition) is 1. The molecular formula is C14H17N3O2. The molecule has 0 saturated heterocycles. The highest BCUT2D eigenvalue weighted by molar-refractivity contribution is 5.42. The lowest BCUT2D eigenvalue weighted by Gasteiger charge is -2.01. The second-order valence-corrected chi connectivity index (χ2v) is 4.55. The molecule has 1 aliphatic rings. The average Bonchev–Trinajstić information content (AvgIpc) is 3.05. The molecule has 0 amide bonds. The zero-order valence-electron chi connectivity index (χ0n) is 10.9. The second-order valence-electron chi connectivity index (χ2n) is 4.55. The van der Waals surface area contributed by atoms with Crippen molar-refractivity contribution < 1.29 is 9.26 Å². The molecule has 19 heavy (non-hydrogen) atoms. The smallest absolute Gasteiger partial charge is 0.227 e. The van der Waals surface area contributed by atoms with Crippen LogP contribution in [0.15, 0.2) is 28.8 Å². The van der Waals surface area contributed by atoms with E-state index >= 15 is 0 Å². The van der Waals surface area contributed by atoms with Crippen LogP contribution in [0.4, 0.5) is 0 Å². The molecule has 1 aliphatic heterocycles. The van der Waals surface area contributed by atoms with Crippen LogP contribution in [-0.2, 0) is 6.42 Å². The first-order valence-corrected chi connectivity index (χ1v) is 6.63. The van der Waals surface area contributed by atoms with E-state index in [-0.39, 0.29) is 5.92 Å².